The number of aliphatic hydroxyl groups is 3. The summed E-state index contributed by atoms with van der Waals surface area (Å²) >= 11 is 0. The minimum absolute atomic E-state index is 0.128. The number of aromatic nitrogens is 2. The number of rotatable bonds is 3. The van der Waals surface area contributed by atoms with Crippen molar-refractivity contribution in [2.75, 3.05) is 19.0 Å². The average Bonchev–Trinajstić information content (AvgIpc) is 2.65. The predicted molar refractivity (Wildman–Crippen MR) is 63.9 cm³/mol. The van der Waals surface area contributed by atoms with Crippen LogP contribution in [-0.2, 0) is 4.74 Å². The Morgan fingerprint density at radius 3 is 2.63 bits per heavy atom. The van der Waals surface area contributed by atoms with Gasteiger partial charge < -0.3 is 25.4 Å². The van der Waals surface area contributed by atoms with Crippen molar-refractivity contribution in [3.63, 3.8) is 0 Å². The summed E-state index contributed by atoms with van der Waals surface area (Å²) in [5, 5.41) is 31.1. The van der Waals surface area contributed by atoms with Crippen molar-refractivity contribution < 1.29 is 20.1 Å². The number of hydrogen-bond acceptors (Lipinski definition) is 7. The van der Waals surface area contributed by atoms with Gasteiger partial charge in [-0.05, 0) is 0 Å². The second kappa shape index (κ2) is 5.13. The zero-order valence-corrected chi connectivity index (χ0v) is 10.1. The second-order valence-electron chi connectivity index (χ2n) is 4.17. The van der Waals surface area contributed by atoms with Gasteiger partial charge >= 0.3 is 5.69 Å². The number of nitrogens with one attached hydrogen (secondary N) is 2. The molecule has 0 saturated carbocycles. The van der Waals surface area contributed by atoms with Crippen LogP contribution in [0.15, 0.2) is 15.7 Å². The molecule has 1 fully saturated rings. The maximum Gasteiger partial charge on any atom is 0.332 e. The second-order valence-corrected chi connectivity index (χ2v) is 4.17. The van der Waals surface area contributed by atoms with Crippen LogP contribution < -0.4 is 16.6 Å². The van der Waals surface area contributed by atoms with Gasteiger partial charge in [0.15, 0.2) is 6.23 Å². The van der Waals surface area contributed by atoms with Gasteiger partial charge in [0.1, 0.15) is 24.1 Å². The van der Waals surface area contributed by atoms with Crippen molar-refractivity contribution in [2.45, 2.75) is 24.5 Å². The van der Waals surface area contributed by atoms with Crippen LogP contribution in [0.5, 0.6) is 0 Å². The Balaban J connectivity index is 2.48. The number of ether oxygens (including phenoxy) is 1. The van der Waals surface area contributed by atoms with Crippen molar-refractivity contribution in [1.29, 1.82) is 0 Å². The van der Waals surface area contributed by atoms with Gasteiger partial charge in [0.2, 0.25) is 0 Å². The molecule has 1 aromatic rings. The third kappa shape index (κ3) is 2.28. The van der Waals surface area contributed by atoms with E-state index in [1.54, 1.807) is 0 Å². The van der Waals surface area contributed by atoms with E-state index in [-0.39, 0.29) is 5.82 Å². The first-order valence-electron chi connectivity index (χ1n) is 5.65. The van der Waals surface area contributed by atoms with E-state index in [4.69, 9.17) is 9.84 Å². The zero-order chi connectivity index (χ0) is 14.2. The highest BCUT2D eigenvalue weighted by atomic mass is 16.6. The molecule has 0 bridgehead atoms. The molecular formula is C10H15N3O6. The van der Waals surface area contributed by atoms with E-state index in [1.165, 1.54) is 7.05 Å². The van der Waals surface area contributed by atoms with Crippen LogP contribution in [-0.4, -0.2) is 56.8 Å². The van der Waals surface area contributed by atoms with Gasteiger partial charge in [-0.2, -0.15) is 0 Å². The number of H-pyrrole nitrogens is 1. The lowest BCUT2D eigenvalue weighted by Gasteiger charge is -2.20. The quantitative estimate of drug-likeness (QED) is 0.401. The monoisotopic (exact) mass is 273 g/mol. The summed E-state index contributed by atoms with van der Waals surface area (Å²) in [5.41, 5.74) is -1.39. The maximum absolute atomic E-state index is 11.8. The highest BCUT2D eigenvalue weighted by Gasteiger charge is 2.44. The molecule has 0 radical (unpaired) electrons. The van der Waals surface area contributed by atoms with E-state index in [0.717, 1.165) is 10.6 Å². The predicted octanol–water partition coefficient (Wildman–Crippen LogP) is -2.81. The average molecular weight is 273 g/mol. The molecule has 4 atom stereocenters. The SMILES string of the molecule is CNc1cc(=O)[nH]c(=O)n1[C@H]1O[C@@H](CO)C(O)C1O. The molecule has 0 amide bonds. The lowest BCUT2D eigenvalue weighted by Crippen LogP contribution is -2.39. The highest BCUT2D eigenvalue weighted by Crippen LogP contribution is 2.29. The number of anilines is 1. The lowest BCUT2D eigenvalue weighted by molar-refractivity contribution is -0.0539. The summed E-state index contributed by atoms with van der Waals surface area (Å²) in [6.45, 7) is -0.498. The fraction of sp³-hybridized carbons (Fsp3) is 0.600. The summed E-state index contributed by atoms with van der Waals surface area (Å²) in [7, 11) is 1.49. The Hall–Kier alpha value is -1.68. The van der Waals surface area contributed by atoms with E-state index in [2.05, 4.69) is 5.32 Å². The highest BCUT2D eigenvalue weighted by molar-refractivity contribution is 5.33. The fourth-order valence-electron chi connectivity index (χ4n) is 2.04. The number of nitrogens with zero attached hydrogens (tertiary/aromatic N) is 1. The van der Waals surface area contributed by atoms with Crippen molar-refractivity contribution in [1.82, 2.24) is 9.55 Å². The van der Waals surface area contributed by atoms with E-state index in [0.29, 0.717) is 0 Å². The molecule has 19 heavy (non-hydrogen) atoms. The first kappa shape index (κ1) is 13.7. The first-order chi connectivity index (χ1) is 8.99. The van der Waals surface area contributed by atoms with E-state index in [9.17, 15) is 19.8 Å². The molecule has 1 aromatic heterocycles. The minimum Gasteiger partial charge on any atom is -0.394 e. The van der Waals surface area contributed by atoms with Gasteiger partial charge in [0.25, 0.3) is 5.56 Å². The molecule has 2 heterocycles. The lowest BCUT2D eigenvalue weighted by atomic mass is 10.1. The number of aromatic amines is 1. The molecule has 0 aliphatic carbocycles. The Morgan fingerprint density at radius 2 is 2.11 bits per heavy atom. The Bertz CT molecular complexity index is 567. The molecule has 106 valence electrons. The number of aliphatic hydroxyl groups excluding tert-OH is 3. The standard InChI is InChI=1S/C10H15N3O6/c1-11-5-2-6(15)12-10(18)13(5)9-8(17)7(16)4(3-14)19-9/h2,4,7-9,11,14,16-17H,3H2,1H3,(H,12,15,18)/t4-,7?,8?,9-/m0/s1. The summed E-state index contributed by atoms with van der Waals surface area (Å²) in [5.74, 6) is 0.128. The van der Waals surface area contributed by atoms with Crippen LogP contribution in [0.1, 0.15) is 6.23 Å². The van der Waals surface area contributed by atoms with Gasteiger partial charge in [-0.25, -0.2) is 9.36 Å². The zero-order valence-electron chi connectivity index (χ0n) is 10.1. The summed E-state index contributed by atoms with van der Waals surface area (Å²) < 4.78 is 6.21. The van der Waals surface area contributed by atoms with Gasteiger partial charge in [0.05, 0.1) is 6.61 Å². The van der Waals surface area contributed by atoms with Crippen molar-refractivity contribution >= 4 is 5.82 Å². The summed E-state index contributed by atoms with van der Waals surface area (Å²) in [6, 6.07) is 1.12. The maximum atomic E-state index is 11.8. The van der Waals surface area contributed by atoms with Crippen molar-refractivity contribution in [3.8, 4) is 0 Å². The smallest absolute Gasteiger partial charge is 0.332 e. The van der Waals surface area contributed by atoms with Crippen molar-refractivity contribution in [2.24, 2.45) is 0 Å². The topological polar surface area (TPSA) is 137 Å². The normalized spacial score (nSPS) is 30.5. The van der Waals surface area contributed by atoms with Gasteiger partial charge in [-0.15, -0.1) is 0 Å². The summed E-state index contributed by atoms with van der Waals surface area (Å²) in [4.78, 5) is 25.0. The largest absolute Gasteiger partial charge is 0.394 e. The van der Waals surface area contributed by atoms with E-state index in [1.807, 2.05) is 4.98 Å². The minimum atomic E-state index is -1.40. The van der Waals surface area contributed by atoms with Crippen molar-refractivity contribution in [3.05, 3.63) is 26.9 Å². The Kier molecular flexibility index (Phi) is 3.71. The molecule has 0 spiro atoms. The third-order valence-corrected chi connectivity index (χ3v) is 3.00. The van der Waals surface area contributed by atoms with Gasteiger partial charge in [-0.1, -0.05) is 0 Å². The van der Waals surface area contributed by atoms with Gasteiger partial charge in [0, 0.05) is 13.1 Å². The van der Waals surface area contributed by atoms with Crippen LogP contribution in [0, 0.1) is 0 Å². The van der Waals surface area contributed by atoms with E-state index < -0.39 is 42.4 Å². The molecule has 1 aliphatic heterocycles. The van der Waals surface area contributed by atoms with Gasteiger partial charge in [-0.3, -0.25) is 9.78 Å². The molecule has 9 nitrogen and oxygen atoms in total. The molecule has 1 aliphatic rings. The molecule has 0 aromatic carbocycles. The molecule has 2 unspecified atom stereocenters. The summed E-state index contributed by atoms with van der Waals surface area (Å²) in [6.07, 6.45) is -4.91. The fourth-order valence-corrected chi connectivity index (χ4v) is 2.04. The molecular weight excluding hydrogens is 258 g/mol. The molecule has 2 rings (SSSR count). The first-order valence-corrected chi connectivity index (χ1v) is 5.65. The molecule has 5 N–H and O–H groups in total. The Labute approximate surface area is 107 Å². The van der Waals surface area contributed by atoms with Crippen LogP contribution in [0.3, 0.4) is 0 Å². The third-order valence-electron chi connectivity index (χ3n) is 3.00. The number of hydrogen-bond donors (Lipinski definition) is 5. The van der Waals surface area contributed by atoms with Crippen LogP contribution >= 0.6 is 0 Å². The molecule has 9 heteroatoms. The Morgan fingerprint density at radius 1 is 1.42 bits per heavy atom. The van der Waals surface area contributed by atoms with Crippen LogP contribution in [0.2, 0.25) is 0 Å². The van der Waals surface area contributed by atoms with Crippen LogP contribution in [0.4, 0.5) is 5.82 Å². The van der Waals surface area contributed by atoms with Crippen LogP contribution in [0.25, 0.3) is 0 Å². The molecule has 1 saturated heterocycles. The van der Waals surface area contributed by atoms with E-state index >= 15 is 0 Å².